The number of H-pyrrole nitrogens is 1. The van der Waals surface area contributed by atoms with Gasteiger partial charge < -0.3 is 14.6 Å². The summed E-state index contributed by atoms with van der Waals surface area (Å²) in [5.41, 5.74) is 3.25. The molecule has 4 rings (SSSR count). The number of carbonyl (C=O) groups excluding carboxylic acids is 2. The van der Waals surface area contributed by atoms with Crippen molar-refractivity contribution in [1.82, 2.24) is 25.4 Å². The van der Waals surface area contributed by atoms with Gasteiger partial charge in [-0.15, -0.1) is 0 Å². The zero-order valence-electron chi connectivity index (χ0n) is 21.3. The highest BCUT2D eigenvalue weighted by Crippen LogP contribution is 2.49. The Hall–Kier alpha value is -4.06. The molecule has 39 heavy (non-hydrogen) atoms. The summed E-state index contributed by atoms with van der Waals surface area (Å²) in [6, 6.07) is 11.8. The molecule has 1 aromatic heterocycles. The minimum absolute atomic E-state index is 0.0164. The number of halogens is 1. The van der Waals surface area contributed by atoms with Crippen molar-refractivity contribution in [2.45, 2.75) is 33.0 Å². The van der Waals surface area contributed by atoms with Gasteiger partial charge in [0.25, 0.3) is 0 Å². The Kier molecular flexibility index (Phi) is 8.44. The molecule has 1 aliphatic rings. The summed E-state index contributed by atoms with van der Waals surface area (Å²) in [6.07, 6.45) is 0.0374. The van der Waals surface area contributed by atoms with E-state index in [1.165, 1.54) is 17.9 Å². The highest BCUT2D eigenvalue weighted by Gasteiger charge is 2.39. The molecule has 206 valence electrons. The first kappa shape index (κ1) is 28.0. The summed E-state index contributed by atoms with van der Waals surface area (Å²) < 4.78 is 38.4. The Balaban J connectivity index is 1.40. The van der Waals surface area contributed by atoms with E-state index in [9.17, 15) is 19.0 Å². The largest absolute Gasteiger partial charge is 0.488 e. The van der Waals surface area contributed by atoms with Crippen LogP contribution in [0, 0.1) is 5.82 Å². The van der Waals surface area contributed by atoms with Crippen molar-refractivity contribution < 1.29 is 32.7 Å². The van der Waals surface area contributed by atoms with Gasteiger partial charge in [0.05, 0.1) is 30.7 Å². The van der Waals surface area contributed by atoms with Crippen molar-refractivity contribution in [2.75, 3.05) is 18.0 Å². The van der Waals surface area contributed by atoms with Gasteiger partial charge in [-0.1, -0.05) is 30.8 Å². The quantitative estimate of drug-likeness (QED) is 0.297. The topological polar surface area (TPSA) is 150 Å². The molecule has 1 fully saturated rings. The number of ether oxygens (including phenoxy) is 1. The lowest BCUT2D eigenvalue weighted by atomic mass is 10.0. The predicted octanol–water partition coefficient (Wildman–Crippen LogP) is 3.72. The maximum Gasteiger partial charge on any atom is 0.488 e. The number of nitrogens with zero attached hydrogens (tertiary/aromatic N) is 4. The number of cyclic esters (lactones) is 1. The lowest BCUT2D eigenvalue weighted by Gasteiger charge is -2.29. The Morgan fingerprint density at radius 3 is 2.67 bits per heavy atom. The minimum Gasteiger partial charge on any atom is -0.442 e. The fourth-order valence-electron chi connectivity index (χ4n) is 4.07. The van der Waals surface area contributed by atoms with Gasteiger partial charge in [0, 0.05) is 31.3 Å². The molecule has 1 unspecified atom stereocenters. The number of carbonyl (C=O) groups is 2. The molecule has 14 heteroatoms. The molecule has 12 nitrogen and oxygen atoms in total. The summed E-state index contributed by atoms with van der Waals surface area (Å²) >= 11 is 0. The van der Waals surface area contributed by atoms with E-state index in [1.54, 1.807) is 18.3 Å². The van der Waals surface area contributed by atoms with E-state index in [1.807, 2.05) is 24.3 Å². The summed E-state index contributed by atoms with van der Waals surface area (Å²) in [4.78, 5) is 35.2. The van der Waals surface area contributed by atoms with E-state index in [0.29, 0.717) is 24.2 Å². The predicted molar refractivity (Wildman–Crippen MR) is 139 cm³/mol. The van der Waals surface area contributed by atoms with Gasteiger partial charge in [0.15, 0.2) is 0 Å². The van der Waals surface area contributed by atoms with Crippen molar-refractivity contribution in [3.63, 3.8) is 0 Å². The number of anilines is 1. The number of amides is 1. The van der Waals surface area contributed by atoms with Crippen LogP contribution in [0.5, 0.6) is 0 Å². The second-order valence-electron chi connectivity index (χ2n) is 8.93. The Morgan fingerprint density at radius 1 is 1.31 bits per heavy atom. The van der Waals surface area contributed by atoms with Gasteiger partial charge in [-0.3, -0.25) is 19.3 Å². The third kappa shape index (κ3) is 6.88. The zero-order valence-corrected chi connectivity index (χ0v) is 22.2. The number of rotatable bonds is 11. The van der Waals surface area contributed by atoms with E-state index < -0.39 is 31.7 Å². The van der Waals surface area contributed by atoms with Crippen LogP contribution in [0.4, 0.5) is 14.9 Å². The van der Waals surface area contributed by atoms with E-state index in [-0.39, 0.29) is 24.5 Å². The molecule has 3 aromatic rings. The average Bonchev–Trinajstić information content (AvgIpc) is 3.51. The fourth-order valence-corrected chi connectivity index (χ4v) is 5.32. The van der Waals surface area contributed by atoms with Crippen molar-refractivity contribution in [1.29, 1.82) is 0 Å². The maximum absolute atomic E-state index is 15.1. The van der Waals surface area contributed by atoms with Gasteiger partial charge in [-0.25, -0.2) is 13.8 Å². The number of aromatic nitrogens is 3. The zero-order chi connectivity index (χ0) is 28.2. The fraction of sp³-hybridized carbons (Fsp3) is 0.280. The molecule has 0 aliphatic carbocycles. The summed E-state index contributed by atoms with van der Waals surface area (Å²) in [5.74, 6) is -1.47. The van der Waals surface area contributed by atoms with Crippen molar-refractivity contribution in [2.24, 2.45) is 0 Å². The van der Waals surface area contributed by atoms with Gasteiger partial charge in [-0.2, -0.15) is 15.4 Å². The smallest absolute Gasteiger partial charge is 0.442 e. The number of hydrogen-bond acceptors (Lipinski definition) is 8. The first-order valence-corrected chi connectivity index (χ1v) is 13.5. The Morgan fingerprint density at radius 2 is 2.05 bits per heavy atom. The van der Waals surface area contributed by atoms with E-state index in [0.717, 1.165) is 22.9 Å². The number of hydrogen-bond donors (Lipinski definition) is 3. The maximum atomic E-state index is 15.1. The van der Waals surface area contributed by atoms with Crippen LogP contribution in [-0.2, 0) is 31.7 Å². The van der Waals surface area contributed by atoms with Gasteiger partial charge in [0.1, 0.15) is 11.9 Å². The highest BCUT2D eigenvalue weighted by molar-refractivity contribution is 7.50. The molecule has 0 bridgehead atoms. The monoisotopic (exact) mass is 558 g/mol. The van der Waals surface area contributed by atoms with E-state index in [4.69, 9.17) is 4.74 Å². The standard InChI is InChI=1S/C25H28FN6O6P/c1-16(2)32(39(35,36)38-17(3)33)15-22-14-31(25(34)37-22)21-8-9-23(24(26)10-21)19-6-4-18(5-7-19)11-27-12-20-13-28-30-29-20/h4-10,13,22,27H,1,11-12,14-15H2,2-3H3,(H,35,36)(H,28,29,30)/t22-/m1/s1. The SMILES string of the molecule is C=C(C)N(C[C@H]1CN(c2ccc(-c3ccc(CNCc4cn[nH]n4)cc3)c(F)c2)C(=O)O1)P(=O)(O)OC(C)=O. The van der Waals surface area contributed by atoms with Gasteiger partial charge >= 0.3 is 19.8 Å². The lowest BCUT2D eigenvalue weighted by molar-refractivity contribution is -0.132. The molecule has 2 atom stereocenters. The third-order valence-corrected chi connectivity index (χ3v) is 7.48. The Labute approximate surface area is 224 Å². The number of benzene rings is 2. The van der Waals surface area contributed by atoms with Crippen LogP contribution in [0.15, 0.2) is 60.9 Å². The molecular weight excluding hydrogens is 530 g/mol. The molecule has 3 N–H and O–H groups in total. The normalized spacial score (nSPS) is 16.5. The minimum atomic E-state index is -4.55. The lowest BCUT2D eigenvalue weighted by Crippen LogP contribution is -2.32. The van der Waals surface area contributed by atoms with Crippen LogP contribution < -0.4 is 10.2 Å². The van der Waals surface area contributed by atoms with Crippen molar-refractivity contribution in [3.05, 3.63) is 78.0 Å². The molecular formula is C25H28FN6O6P. The molecule has 0 spiro atoms. The van der Waals surface area contributed by atoms with Crippen LogP contribution in [-0.4, -0.2) is 56.2 Å². The van der Waals surface area contributed by atoms with E-state index in [2.05, 4.69) is 31.8 Å². The van der Waals surface area contributed by atoms with Crippen LogP contribution in [0.2, 0.25) is 0 Å². The van der Waals surface area contributed by atoms with Crippen LogP contribution >= 0.6 is 7.75 Å². The molecule has 1 saturated heterocycles. The molecule has 1 amide bonds. The average molecular weight is 559 g/mol. The molecule has 0 radical (unpaired) electrons. The molecule has 0 saturated carbocycles. The Bertz CT molecular complexity index is 1400. The molecule has 2 heterocycles. The molecule has 2 aromatic carbocycles. The second kappa shape index (κ2) is 11.8. The number of aromatic amines is 1. The number of allylic oxidation sites excluding steroid dienone is 1. The number of nitrogens with one attached hydrogen (secondary N) is 2. The summed E-state index contributed by atoms with van der Waals surface area (Å²) in [6.45, 7) is 6.99. The third-order valence-electron chi connectivity index (χ3n) is 5.87. The van der Waals surface area contributed by atoms with Gasteiger partial charge in [-0.05, 0) is 36.2 Å². The first-order valence-electron chi connectivity index (χ1n) is 11.9. The first-order chi connectivity index (χ1) is 18.5. The molecule has 1 aliphatic heterocycles. The van der Waals surface area contributed by atoms with Crippen LogP contribution in [0.25, 0.3) is 11.1 Å². The second-order valence-corrected chi connectivity index (χ2v) is 10.6. The van der Waals surface area contributed by atoms with Crippen molar-refractivity contribution in [3.8, 4) is 11.1 Å². The van der Waals surface area contributed by atoms with Gasteiger partial charge in [0.2, 0.25) is 0 Å². The van der Waals surface area contributed by atoms with Crippen molar-refractivity contribution >= 4 is 25.5 Å². The van der Waals surface area contributed by atoms with Crippen LogP contribution in [0.3, 0.4) is 0 Å². The van der Waals surface area contributed by atoms with E-state index >= 15 is 4.39 Å². The van der Waals surface area contributed by atoms with Crippen LogP contribution in [0.1, 0.15) is 25.1 Å². The highest BCUT2D eigenvalue weighted by atomic mass is 31.2. The summed E-state index contributed by atoms with van der Waals surface area (Å²) in [5, 5.41) is 13.5. The summed E-state index contributed by atoms with van der Waals surface area (Å²) in [7, 11) is -4.55.